The van der Waals surface area contributed by atoms with Crippen molar-refractivity contribution in [3.05, 3.63) is 88.9 Å². The molecule has 0 unspecified atom stereocenters. The van der Waals surface area contributed by atoms with Gasteiger partial charge in [0.25, 0.3) is 0 Å². The quantitative estimate of drug-likeness (QED) is 0.503. The summed E-state index contributed by atoms with van der Waals surface area (Å²) >= 11 is 0. The van der Waals surface area contributed by atoms with Gasteiger partial charge in [0.05, 0.1) is 6.61 Å². The van der Waals surface area contributed by atoms with Crippen LogP contribution in [0.2, 0.25) is 0 Å². The van der Waals surface area contributed by atoms with Crippen molar-refractivity contribution < 1.29 is 18.7 Å². The van der Waals surface area contributed by atoms with E-state index in [1.54, 1.807) is 43.5 Å². The highest BCUT2D eigenvalue weighted by Gasteiger charge is 2.24. The lowest BCUT2D eigenvalue weighted by Crippen LogP contribution is -2.37. The minimum absolute atomic E-state index is 0.0444. The van der Waals surface area contributed by atoms with Crippen LogP contribution in [0.15, 0.2) is 60.8 Å². The zero-order valence-electron chi connectivity index (χ0n) is 19.8. The van der Waals surface area contributed by atoms with Crippen LogP contribution in [0.4, 0.5) is 15.0 Å². The molecule has 34 heavy (non-hydrogen) atoms. The molecule has 8 heteroatoms. The van der Waals surface area contributed by atoms with Crippen molar-refractivity contribution in [3.63, 3.8) is 0 Å². The second kappa shape index (κ2) is 11.0. The molecule has 1 heterocycles. The van der Waals surface area contributed by atoms with E-state index in [1.165, 1.54) is 12.3 Å². The summed E-state index contributed by atoms with van der Waals surface area (Å²) in [4.78, 5) is 25.9. The third-order valence-corrected chi connectivity index (χ3v) is 5.26. The molecule has 1 atom stereocenters. The number of halogens is 1. The Morgan fingerprint density at radius 3 is 2.35 bits per heavy atom. The minimum Gasteiger partial charge on any atom is -0.380 e. The summed E-state index contributed by atoms with van der Waals surface area (Å²) in [6.45, 7) is 6.22. The summed E-state index contributed by atoms with van der Waals surface area (Å²) in [5.41, 5.74) is 2.30. The van der Waals surface area contributed by atoms with Gasteiger partial charge in [0, 0.05) is 19.7 Å². The van der Waals surface area contributed by atoms with Gasteiger partial charge >= 0.3 is 6.03 Å². The highest BCUT2D eigenvalue weighted by atomic mass is 19.1. The smallest absolute Gasteiger partial charge is 0.321 e. The molecule has 0 saturated heterocycles. The molecule has 178 valence electrons. The number of nitrogens with one attached hydrogen (secondary N) is 2. The number of nitrogens with zero attached hydrogens (tertiary/aromatic N) is 2. The Labute approximate surface area is 198 Å². The summed E-state index contributed by atoms with van der Waals surface area (Å²) in [7, 11) is 1.60. The van der Waals surface area contributed by atoms with Gasteiger partial charge in [-0.25, -0.2) is 9.18 Å². The maximum absolute atomic E-state index is 14.7. The molecular formula is C26H29FN4O3. The largest absolute Gasteiger partial charge is 0.380 e. The van der Waals surface area contributed by atoms with Crippen LogP contribution in [0.1, 0.15) is 49.1 Å². The topological polar surface area (TPSA) is 93.2 Å². The molecule has 2 aromatic carbocycles. The third-order valence-electron chi connectivity index (χ3n) is 5.26. The van der Waals surface area contributed by atoms with Gasteiger partial charge in [-0.1, -0.05) is 57.2 Å². The highest BCUT2D eigenvalue weighted by molar-refractivity contribution is 5.95. The van der Waals surface area contributed by atoms with Crippen LogP contribution in [-0.2, 0) is 28.0 Å². The summed E-state index contributed by atoms with van der Waals surface area (Å²) in [5.74, 6) is -0.384. The van der Waals surface area contributed by atoms with Crippen molar-refractivity contribution in [2.45, 2.75) is 45.3 Å². The van der Waals surface area contributed by atoms with E-state index in [2.05, 4.69) is 20.8 Å². The number of rotatable bonds is 8. The van der Waals surface area contributed by atoms with E-state index >= 15 is 0 Å². The van der Waals surface area contributed by atoms with Gasteiger partial charge in [-0.3, -0.25) is 10.1 Å². The average molecular weight is 465 g/mol. The Kier molecular flexibility index (Phi) is 8.07. The van der Waals surface area contributed by atoms with Gasteiger partial charge in [-0.15, -0.1) is 5.10 Å². The number of hydrogen-bond acceptors (Lipinski definition) is 5. The normalized spacial score (nSPS) is 12.1. The third kappa shape index (κ3) is 6.68. The first-order valence-electron chi connectivity index (χ1n) is 10.9. The van der Waals surface area contributed by atoms with Crippen molar-refractivity contribution in [1.82, 2.24) is 15.5 Å². The Bertz CT molecular complexity index is 1130. The lowest BCUT2D eigenvalue weighted by molar-refractivity contribution is -0.120. The van der Waals surface area contributed by atoms with Crippen molar-refractivity contribution >= 4 is 17.6 Å². The van der Waals surface area contributed by atoms with Gasteiger partial charge in [-0.05, 0) is 45.9 Å². The fourth-order valence-corrected chi connectivity index (χ4v) is 3.55. The van der Waals surface area contributed by atoms with Crippen molar-refractivity contribution in [3.8, 4) is 0 Å². The van der Waals surface area contributed by atoms with Gasteiger partial charge in [0.15, 0.2) is 11.6 Å². The molecule has 0 aliphatic heterocycles. The molecule has 0 aliphatic rings. The number of hydrogen-bond donors (Lipinski definition) is 2. The predicted octanol–water partition coefficient (Wildman–Crippen LogP) is 4.73. The van der Waals surface area contributed by atoms with Crippen LogP contribution in [0.5, 0.6) is 0 Å². The number of urea groups is 1. The average Bonchev–Trinajstić information content (AvgIpc) is 2.78. The number of benzene rings is 2. The molecule has 3 aromatic rings. The van der Waals surface area contributed by atoms with E-state index in [0.717, 1.165) is 5.56 Å². The Hall–Kier alpha value is -3.65. The first kappa shape index (κ1) is 25.0. The highest BCUT2D eigenvalue weighted by Crippen LogP contribution is 2.26. The molecule has 0 aliphatic carbocycles. The second-order valence-corrected chi connectivity index (χ2v) is 9.02. The zero-order chi connectivity index (χ0) is 24.7. The summed E-state index contributed by atoms with van der Waals surface area (Å²) in [6.07, 6.45) is 1.44. The standard InChI is InChI=1S/C26H29FN4O3/c1-26(2,3)20-12-9-18(14-21(20)27)15-22(32)24(19-10-7-17(8-11-19)16-34-4)30-25(33)29-23-6-5-13-28-31-23/h5-14,24H,15-16H2,1-4H3,(H2,29,30,31,33)/t24-/m1/s1. The molecule has 7 nitrogen and oxygen atoms in total. The first-order valence-corrected chi connectivity index (χ1v) is 10.9. The number of methoxy groups -OCH3 is 1. The van der Waals surface area contributed by atoms with E-state index < -0.39 is 12.1 Å². The van der Waals surface area contributed by atoms with Crippen molar-refractivity contribution in [2.24, 2.45) is 0 Å². The molecule has 3 rings (SSSR count). The number of ketones is 1. The minimum atomic E-state index is -0.946. The second-order valence-electron chi connectivity index (χ2n) is 9.02. The van der Waals surface area contributed by atoms with Crippen LogP contribution >= 0.6 is 0 Å². The molecule has 2 amide bonds. The van der Waals surface area contributed by atoms with E-state index in [0.29, 0.717) is 23.3 Å². The fraction of sp³-hybridized carbons (Fsp3) is 0.308. The molecule has 0 spiro atoms. The monoisotopic (exact) mass is 464 g/mol. The number of aromatic nitrogens is 2. The molecule has 2 N–H and O–H groups in total. The lowest BCUT2D eigenvalue weighted by atomic mass is 9.85. The molecule has 1 aromatic heterocycles. The van der Waals surface area contributed by atoms with Gasteiger partial charge in [0.1, 0.15) is 11.9 Å². The fourth-order valence-electron chi connectivity index (χ4n) is 3.55. The number of carbonyl (C=O) groups is 2. The number of amides is 2. The van der Waals surface area contributed by atoms with Crippen LogP contribution in [0.3, 0.4) is 0 Å². The van der Waals surface area contributed by atoms with E-state index in [-0.39, 0.29) is 29.3 Å². The van der Waals surface area contributed by atoms with Crippen LogP contribution < -0.4 is 10.6 Å². The molecule has 0 saturated carbocycles. The number of anilines is 1. The molecule has 0 radical (unpaired) electrons. The number of carbonyl (C=O) groups excluding carboxylic acids is 2. The van der Waals surface area contributed by atoms with Crippen molar-refractivity contribution in [2.75, 3.05) is 12.4 Å². The van der Waals surface area contributed by atoms with Gasteiger partial charge in [0.2, 0.25) is 0 Å². The number of ether oxygens (including phenoxy) is 1. The van der Waals surface area contributed by atoms with Crippen LogP contribution in [0, 0.1) is 5.82 Å². The summed E-state index contributed by atoms with van der Waals surface area (Å²) in [5, 5.41) is 12.8. The summed E-state index contributed by atoms with van der Waals surface area (Å²) < 4.78 is 19.8. The van der Waals surface area contributed by atoms with Gasteiger partial charge in [-0.2, -0.15) is 5.10 Å². The number of Topliss-reactive ketones (excluding diaryl/α,β-unsaturated/α-hetero) is 1. The molecular weight excluding hydrogens is 435 g/mol. The van der Waals surface area contributed by atoms with Crippen molar-refractivity contribution in [1.29, 1.82) is 0 Å². The Morgan fingerprint density at radius 2 is 1.76 bits per heavy atom. The molecule has 0 bridgehead atoms. The first-order chi connectivity index (χ1) is 16.2. The maximum atomic E-state index is 14.7. The Morgan fingerprint density at radius 1 is 1.06 bits per heavy atom. The Balaban J connectivity index is 1.82. The van der Waals surface area contributed by atoms with E-state index in [9.17, 15) is 14.0 Å². The molecule has 0 fully saturated rings. The van der Waals surface area contributed by atoms with Crippen LogP contribution in [-0.4, -0.2) is 29.1 Å². The SMILES string of the molecule is COCc1ccc([C@@H](NC(=O)Nc2cccnn2)C(=O)Cc2ccc(C(C)(C)C)c(F)c2)cc1. The van der Waals surface area contributed by atoms with Crippen LogP contribution in [0.25, 0.3) is 0 Å². The predicted molar refractivity (Wildman–Crippen MR) is 128 cm³/mol. The summed E-state index contributed by atoms with van der Waals surface area (Å²) in [6, 6.07) is 13.7. The van der Waals surface area contributed by atoms with E-state index in [4.69, 9.17) is 4.74 Å². The van der Waals surface area contributed by atoms with E-state index in [1.807, 2.05) is 32.9 Å². The lowest BCUT2D eigenvalue weighted by Gasteiger charge is -2.21. The maximum Gasteiger partial charge on any atom is 0.321 e. The van der Waals surface area contributed by atoms with Gasteiger partial charge < -0.3 is 10.1 Å². The zero-order valence-corrected chi connectivity index (χ0v) is 19.8.